The Balaban J connectivity index is 1.56. The average molecular weight is 487 g/mol. The molecule has 7 heteroatoms. The molecule has 0 spiro atoms. The van der Waals surface area contributed by atoms with Crippen LogP contribution in [0.5, 0.6) is 5.75 Å². The highest BCUT2D eigenvalue weighted by molar-refractivity contribution is 7.92. The van der Waals surface area contributed by atoms with Crippen molar-refractivity contribution in [2.45, 2.75) is 11.3 Å². The van der Waals surface area contributed by atoms with Crippen LogP contribution in [-0.2, 0) is 16.4 Å². The second kappa shape index (κ2) is 10.4. The van der Waals surface area contributed by atoms with E-state index in [0.29, 0.717) is 23.5 Å². The second-order valence-corrected chi connectivity index (χ2v) is 9.94. The van der Waals surface area contributed by atoms with Crippen molar-refractivity contribution in [3.05, 3.63) is 120 Å². The maximum absolute atomic E-state index is 13.2. The Morgan fingerprint density at radius 2 is 1.54 bits per heavy atom. The first-order valence-electron chi connectivity index (χ1n) is 11.0. The molecular formula is C28H26N2O4S. The first-order chi connectivity index (χ1) is 16.9. The van der Waals surface area contributed by atoms with Gasteiger partial charge in [0.1, 0.15) is 5.75 Å². The van der Waals surface area contributed by atoms with Gasteiger partial charge >= 0.3 is 0 Å². The van der Waals surface area contributed by atoms with Gasteiger partial charge in [-0.3, -0.25) is 9.10 Å². The van der Waals surface area contributed by atoms with Gasteiger partial charge in [0.05, 0.1) is 17.7 Å². The van der Waals surface area contributed by atoms with Crippen LogP contribution in [0.25, 0.3) is 0 Å². The fourth-order valence-corrected chi connectivity index (χ4v) is 4.94. The van der Waals surface area contributed by atoms with Gasteiger partial charge in [0.2, 0.25) is 0 Å². The summed E-state index contributed by atoms with van der Waals surface area (Å²) in [7, 11) is -0.853. The molecule has 4 aromatic rings. The van der Waals surface area contributed by atoms with E-state index in [-0.39, 0.29) is 16.4 Å². The molecule has 0 saturated heterocycles. The molecule has 0 aliphatic heterocycles. The predicted molar refractivity (Wildman–Crippen MR) is 139 cm³/mol. The lowest BCUT2D eigenvalue weighted by Crippen LogP contribution is -2.26. The van der Waals surface area contributed by atoms with Crippen molar-refractivity contribution in [3.63, 3.8) is 0 Å². The molecule has 1 amide bonds. The van der Waals surface area contributed by atoms with Crippen molar-refractivity contribution in [3.8, 4) is 5.75 Å². The lowest BCUT2D eigenvalue weighted by atomic mass is 10.0. The molecule has 6 nitrogen and oxygen atoms in total. The van der Waals surface area contributed by atoms with Crippen molar-refractivity contribution in [1.82, 2.24) is 0 Å². The molecule has 178 valence electrons. The van der Waals surface area contributed by atoms with Crippen LogP contribution in [0.1, 0.15) is 21.5 Å². The average Bonchev–Trinajstić information content (AvgIpc) is 2.90. The van der Waals surface area contributed by atoms with E-state index in [2.05, 4.69) is 5.32 Å². The van der Waals surface area contributed by atoms with Gasteiger partial charge in [0.25, 0.3) is 15.9 Å². The van der Waals surface area contributed by atoms with E-state index < -0.39 is 10.0 Å². The number of benzene rings is 4. The van der Waals surface area contributed by atoms with E-state index in [1.807, 2.05) is 54.6 Å². The first-order valence-corrected chi connectivity index (χ1v) is 12.5. The zero-order valence-electron chi connectivity index (χ0n) is 19.5. The van der Waals surface area contributed by atoms with Crippen LogP contribution >= 0.6 is 0 Å². The molecule has 0 saturated carbocycles. The summed E-state index contributed by atoms with van der Waals surface area (Å²) in [5.41, 5.74) is 3.52. The summed E-state index contributed by atoms with van der Waals surface area (Å²) < 4.78 is 32.8. The van der Waals surface area contributed by atoms with Gasteiger partial charge in [0, 0.05) is 18.3 Å². The number of carbonyl (C=O) groups is 1. The Bertz CT molecular complexity index is 1420. The quantitative estimate of drug-likeness (QED) is 0.364. The van der Waals surface area contributed by atoms with Gasteiger partial charge in [-0.05, 0) is 66.1 Å². The van der Waals surface area contributed by atoms with Crippen LogP contribution in [0.15, 0.2) is 108 Å². The number of hydrogen-bond donors (Lipinski definition) is 1. The molecule has 0 bridgehead atoms. The number of rotatable bonds is 8. The first kappa shape index (κ1) is 24.0. The summed E-state index contributed by atoms with van der Waals surface area (Å²) in [6.45, 7) is 0. The third-order valence-electron chi connectivity index (χ3n) is 5.69. The zero-order valence-corrected chi connectivity index (χ0v) is 20.3. The van der Waals surface area contributed by atoms with Crippen molar-refractivity contribution in [2.75, 3.05) is 23.8 Å². The number of nitrogens with zero attached hydrogens (tertiary/aromatic N) is 1. The number of amides is 1. The Kier molecular flexibility index (Phi) is 7.17. The number of anilines is 2. The van der Waals surface area contributed by atoms with Crippen molar-refractivity contribution in [1.29, 1.82) is 0 Å². The number of ether oxygens (including phenoxy) is 1. The minimum atomic E-state index is -3.88. The molecule has 0 unspecified atom stereocenters. The molecule has 0 aliphatic rings. The van der Waals surface area contributed by atoms with Crippen LogP contribution in [0.3, 0.4) is 0 Å². The summed E-state index contributed by atoms with van der Waals surface area (Å²) in [5, 5.41) is 2.94. The molecular weight excluding hydrogens is 460 g/mol. The largest absolute Gasteiger partial charge is 0.497 e. The molecule has 0 atom stereocenters. The Morgan fingerprint density at radius 3 is 2.26 bits per heavy atom. The topological polar surface area (TPSA) is 75.7 Å². The van der Waals surface area contributed by atoms with Crippen LogP contribution in [0.4, 0.5) is 11.4 Å². The predicted octanol–water partition coefficient (Wildman–Crippen LogP) is 5.36. The number of methoxy groups -OCH3 is 1. The van der Waals surface area contributed by atoms with Crippen LogP contribution < -0.4 is 14.4 Å². The van der Waals surface area contributed by atoms with Crippen molar-refractivity contribution >= 4 is 27.3 Å². The SMILES string of the molecule is COc1ccc(N(C)S(=O)(=O)c2cccc(C(=O)Nc3ccccc3Cc3ccccc3)c2)cc1. The minimum absolute atomic E-state index is 0.0287. The third-order valence-corrected chi connectivity index (χ3v) is 7.48. The lowest BCUT2D eigenvalue weighted by molar-refractivity contribution is 0.102. The number of nitrogens with one attached hydrogen (secondary N) is 1. The maximum atomic E-state index is 13.2. The summed E-state index contributed by atoms with van der Waals surface area (Å²) in [6.07, 6.45) is 0.665. The molecule has 0 aromatic heterocycles. The van der Waals surface area contributed by atoms with Crippen LogP contribution in [-0.4, -0.2) is 28.5 Å². The van der Waals surface area contributed by atoms with Crippen molar-refractivity contribution in [2.24, 2.45) is 0 Å². The van der Waals surface area contributed by atoms with E-state index >= 15 is 0 Å². The molecule has 35 heavy (non-hydrogen) atoms. The molecule has 4 aromatic carbocycles. The minimum Gasteiger partial charge on any atom is -0.497 e. The number of sulfonamides is 1. The highest BCUT2D eigenvalue weighted by Crippen LogP contribution is 2.25. The van der Waals surface area contributed by atoms with Gasteiger partial charge in [-0.1, -0.05) is 54.6 Å². The maximum Gasteiger partial charge on any atom is 0.264 e. The van der Waals surface area contributed by atoms with E-state index in [1.165, 1.54) is 23.5 Å². The van der Waals surface area contributed by atoms with Gasteiger partial charge in [0.15, 0.2) is 0 Å². The third kappa shape index (κ3) is 5.53. The molecule has 0 radical (unpaired) electrons. The Morgan fingerprint density at radius 1 is 0.857 bits per heavy atom. The smallest absolute Gasteiger partial charge is 0.264 e. The van der Waals surface area contributed by atoms with E-state index in [9.17, 15) is 13.2 Å². The standard InChI is InChI=1S/C28H26N2O4S/c1-30(24-15-17-25(34-2)18-16-24)35(32,33)26-13-8-12-23(20-26)28(31)29-27-14-7-6-11-22(27)19-21-9-4-3-5-10-21/h3-18,20H,19H2,1-2H3,(H,29,31). The number of para-hydroxylation sites is 1. The Hall–Kier alpha value is -4.10. The highest BCUT2D eigenvalue weighted by atomic mass is 32.2. The summed E-state index contributed by atoms with van der Waals surface area (Å²) in [6, 6.07) is 30.3. The summed E-state index contributed by atoms with van der Waals surface area (Å²) in [4.78, 5) is 13.1. The van der Waals surface area contributed by atoms with Gasteiger partial charge < -0.3 is 10.1 Å². The molecule has 0 fully saturated rings. The monoisotopic (exact) mass is 486 g/mol. The molecule has 1 N–H and O–H groups in total. The Labute approximate surface area is 205 Å². The van der Waals surface area contributed by atoms with E-state index in [4.69, 9.17) is 4.74 Å². The zero-order chi connectivity index (χ0) is 24.8. The fraction of sp³-hybridized carbons (Fsp3) is 0.107. The van der Waals surface area contributed by atoms with Gasteiger partial charge in [-0.15, -0.1) is 0 Å². The molecule has 0 aliphatic carbocycles. The van der Waals surface area contributed by atoms with Crippen LogP contribution in [0, 0.1) is 0 Å². The molecule has 4 rings (SSSR count). The van der Waals surface area contributed by atoms with Gasteiger partial charge in [-0.2, -0.15) is 0 Å². The number of hydrogen-bond acceptors (Lipinski definition) is 4. The summed E-state index contributed by atoms with van der Waals surface area (Å²) in [5.74, 6) is 0.250. The lowest BCUT2D eigenvalue weighted by Gasteiger charge is -2.20. The number of carbonyl (C=O) groups excluding carboxylic acids is 1. The van der Waals surface area contributed by atoms with Crippen molar-refractivity contribution < 1.29 is 17.9 Å². The van der Waals surface area contributed by atoms with Gasteiger partial charge in [-0.25, -0.2) is 8.42 Å². The van der Waals surface area contributed by atoms with Crippen LogP contribution in [0.2, 0.25) is 0 Å². The second-order valence-electron chi connectivity index (χ2n) is 7.97. The normalized spacial score (nSPS) is 11.0. The fourth-order valence-electron chi connectivity index (χ4n) is 3.69. The summed E-state index contributed by atoms with van der Waals surface area (Å²) >= 11 is 0. The highest BCUT2D eigenvalue weighted by Gasteiger charge is 2.23. The van der Waals surface area contributed by atoms with E-state index in [1.54, 1.807) is 43.5 Å². The van der Waals surface area contributed by atoms with E-state index in [0.717, 1.165) is 11.1 Å². The molecule has 0 heterocycles.